The minimum Gasteiger partial charge on any atom is -0.504 e. The van der Waals surface area contributed by atoms with Gasteiger partial charge in [-0.1, -0.05) is 34.1 Å². The van der Waals surface area contributed by atoms with Crippen LogP contribution in [0.1, 0.15) is 75.7 Å². The first-order valence-corrected chi connectivity index (χ1v) is 9.64. The van der Waals surface area contributed by atoms with Crippen molar-refractivity contribution in [2.24, 2.45) is 11.3 Å². The second-order valence-corrected chi connectivity index (χ2v) is 9.19. The molecule has 148 valence electrons. The van der Waals surface area contributed by atoms with Crippen LogP contribution < -0.4 is 4.74 Å². The normalized spacial score (nSPS) is 33.4. The summed E-state index contributed by atoms with van der Waals surface area (Å²) in [7, 11) is 1.48. The van der Waals surface area contributed by atoms with Crippen molar-refractivity contribution < 1.29 is 29.6 Å². The molecular weight excluding hydrogens is 348 g/mol. The number of aliphatic hydroxyl groups is 1. The van der Waals surface area contributed by atoms with Gasteiger partial charge in [-0.25, -0.2) is 0 Å². The molecule has 3 N–H and O–H groups in total. The molecule has 1 heterocycles. The number of rotatable bonds is 2. The number of aliphatic hydroxyl groups excluding tert-OH is 1. The number of esters is 1. The largest absolute Gasteiger partial charge is 0.504 e. The zero-order valence-electron chi connectivity index (χ0n) is 16.5. The summed E-state index contributed by atoms with van der Waals surface area (Å²) < 4.78 is 11.3. The van der Waals surface area contributed by atoms with Crippen LogP contribution in [-0.4, -0.2) is 34.5 Å². The number of aromatic hydroxyl groups is 2. The Morgan fingerprint density at radius 3 is 2.44 bits per heavy atom. The van der Waals surface area contributed by atoms with Crippen LogP contribution in [0.4, 0.5) is 0 Å². The van der Waals surface area contributed by atoms with E-state index in [9.17, 15) is 20.1 Å². The maximum absolute atomic E-state index is 13.1. The number of benzene rings is 1. The van der Waals surface area contributed by atoms with E-state index in [0.717, 1.165) is 12.8 Å². The van der Waals surface area contributed by atoms with Gasteiger partial charge in [0.2, 0.25) is 0 Å². The fourth-order valence-corrected chi connectivity index (χ4v) is 6.07. The van der Waals surface area contributed by atoms with Crippen LogP contribution in [0.25, 0.3) is 0 Å². The summed E-state index contributed by atoms with van der Waals surface area (Å²) >= 11 is 0. The predicted molar refractivity (Wildman–Crippen MR) is 98.1 cm³/mol. The molecule has 2 bridgehead atoms. The number of hydrogen-bond acceptors (Lipinski definition) is 6. The highest BCUT2D eigenvalue weighted by molar-refractivity contribution is 5.91. The molecule has 1 aromatic carbocycles. The Labute approximate surface area is 159 Å². The molecule has 1 saturated carbocycles. The molecule has 0 amide bonds. The fraction of sp³-hybridized carbons (Fsp3) is 0.667. The first-order chi connectivity index (χ1) is 12.6. The van der Waals surface area contributed by atoms with Gasteiger partial charge in [-0.3, -0.25) is 4.79 Å². The van der Waals surface area contributed by atoms with Crippen molar-refractivity contribution in [1.29, 1.82) is 0 Å². The van der Waals surface area contributed by atoms with Gasteiger partial charge in [0.1, 0.15) is 23.4 Å². The summed E-state index contributed by atoms with van der Waals surface area (Å²) in [5, 5.41) is 33.0. The lowest BCUT2D eigenvalue weighted by Crippen LogP contribution is -2.54. The molecule has 6 nitrogen and oxygen atoms in total. The molecule has 0 spiro atoms. The highest BCUT2D eigenvalue weighted by Gasteiger charge is 2.70. The van der Waals surface area contributed by atoms with E-state index in [2.05, 4.69) is 13.8 Å². The van der Waals surface area contributed by atoms with Crippen molar-refractivity contribution in [3.8, 4) is 17.2 Å². The molecule has 1 saturated heterocycles. The number of ether oxygens (including phenoxy) is 2. The van der Waals surface area contributed by atoms with Crippen molar-refractivity contribution in [3.63, 3.8) is 0 Å². The number of phenolic OH excluding ortho intramolecular Hbond substituents is 2. The van der Waals surface area contributed by atoms with Crippen LogP contribution in [0.3, 0.4) is 0 Å². The minimum absolute atomic E-state index is 0.143. The Morgan fingerprint density at radius 1 is 1.19 bits per heavy atom. The van der Waals surface area contributed by atoms with Gasteiger partial charge >= 0.3 is 5.97 Å². The number of carbonyl (C=O) groups excluding carboxylic acids is 1. The summed E-state index contributed by atoms with van der Waals surface area (Å²) in [6.45, 7) is 7.91. The number of phenols is 2. The van der Waals surface area contributed by atoms with Crippen molar-refractivity contribution in [1.82, 2.24) is 0 Å². The van der Waals surface area contributed by atoms with Crippen LogP contribution in [0, 0.1) is 11.3 Å². The summed E-state index contributed by atoms with van der Waals surface area (Å²) in [5.41, 5.74) is -0.193. The molecule has 0 radical (unpaired) electrons. The number of hydrogen-bond donors (Lipinski definition) is 3. The second-order valence-electron chi connectivity index (χ2n) is 9.19. The lowest BCUT2D eigenvalue weighted by atomic mass is 9.49. The van der Waals surface area contributed by atoms with Crippen LogP contribution in [0.5, 0.6) is 17.2 Å². The van der Waals surface area contributed by atoms with Crippen molar-refractivity contribution in [3.05, 3.63) is 16.7 Å². The fourth-order valence-electron chi connectivity index (χ4n) is 6.07. The maximum atomic E-state index is 13.1. The monoisotopic (exact) mass is 376 g/mol. The Kier molecular flexibility index (Phi) is 3.77. The molecule has 4 unspecified atom stereocenters. The van der Waals surface area contributed by atoms with Gasteiger partial charge in [-0.2, -0.15) is 0 Å². The Bertz CT molecular complexity index is 827. The maximum Gasteiger partial charge on any atom is 0.317 e. The van der Waals surface area contributed by atoms with Gasteiger partial charge in [0, 0.05) is 22.6 Å². The molecule has 1 aromatic rings. The van der Waals surface area contributed by atoms with Crippen molar-refractivity contribution in [2.75, 3.05) is 7.11 Å². The van der Waals surface area contributed by atoms with Crippen LogP contribution >= 0.6 is 0 Å². The lowest BCUT2D eigenvalue weighted by molar-refractivity contribution is -0.148. The number of fused-ring (bicyclic) bond motifs is 1. The van der Waals surface area contributed by atoms with Crippen molar-refractivity contribution in [2.45, 2.75) is 70.5 Å². The van der Waals surface area contributed by atoms with E-state index in [1.807, 2.05) is 13.8 Å². The third-order valence-corrected chi connectivity index (χ3v) is 7.01. The predicted octanol–water partition coefficient (Wildman–Crippen LogP) is 3.27. The van der Waals surface area contributed by atoms with Crippen LogP contribution in [-0.2, 0) is 14.9 Å². The van der Waals surface area contributed by atoms with E-state index in [4.69, 9.17) is 9.47 Å². The van der Waals surface area contributed by atoms with E-state index in [-0.39, 0.29) is 28.7 Å². The van der Waals surface area contributed by atoms with Gasteiger partial charge < -0.3 is 24.8 Å². The molecule has 1 aliphatic heterocycles. The smallest absolute Gasteiger partial charge is 0.317 e. The average molecular weight is 376 g/mol. The summed E-state index contributed by atoms with van der Waals surface area (Å²) in [6.07, 6.45) is 0.435. The summed E-state index contributed by atoms with van der Waals surface area (Å²) in [6, 6.07) is 0. The zero-order chi connectivity index (χ0) is 19.9. The molecule has 6 heteroatoms. The van der Waals surface area contributed by atoms with Gasteiger partial charge in [-0.15, -0.1) is 0 Å². The van der Waals surface area contributed by atoms with Crippen LogP contribution in [0.15, 0.2) is 0 Å². The van der Waals surface area contributed by atoms with Gasteiger partial charge in [0.05, 0.1) is 7.11 Å². The zero-order valence-corrected chi connectivity index (χ0v) is 16.5. The topological polar surface area (TPSA) is 96.2 Å². The molecule has 2 aliphatic carbocycles. The molecular formula is C21H28O6. The molecule has 4 atom stereocenters. The Hall–Kier alpha value is -1.95. The van der Waals surface area contributed by atoms with E-state index < -0.39 is 23.6 Å². The molecule has 27 heavy (non-hydrogen) atoms. The number of methoxy groups -OCH3 is 1. The average Bonchev–Trinajstić information content (AvgIpc) is 2.85. The van der Waals surface area contributed by atoms with Gasteiger partial charge in [0.15, 0.2) is 11.5 Å². The third kappa shape index (κ3) is 2.02. The van der Waals surface area contributed by atoms with E-state index >= 15 is 0 Å². The highest BCUT2D eigenvalue weighted by Crippen LogP contribution is 2.68. The van der Waals surface area contributed by atoms with Crippen LogP contribution in [0.2, 0.25) is 0 Å². The summed E-state index contributed by atoms with van der Waals surface area (Å²) in [5.74, 6) is -1.09. The standard InChI is InChI=1S/C21H28O6/c1-9(2)10-13(22)15(24)12-11(16(10)26-5)14(23)17-18-20(3,4)7-6-8-21(12,18)19(25)27-17/h9,14,17-18,22-24H,6-8H2,1-5H3. The van der Waals surface area contributed by atoms with Crippen molar-refractivity contribution >= 4 is 5.97 Å². The summed E-state index contributed by atoms with van der Waals surface area (Å²) in [4.78, 5) is 13.1. The molecule has 0 aromatic heterocycles. The third-order valence-electron chi connectivity index (χ3n) is 7.01. The lowest BCUT2D eigenvalue weighted by Gasteiger charge is -2.51. The number of carbonyl (C=O) groups is 1. The first-order valence-electron chi connectivity index (χ1n) is 9.64. The molecule has 4 rings (SSSR count). The quantitative estimate of drug-likeness (QED) is 0.542. The SMILES string of the molecule is COc1c(C(C)C)c(O)c(O)c2c1C(O)C1OC(=O)C23CCCC(C)(C)C13. The molecule has 2 fully saturated rings. The van der Waals surface area contributed by atoms with Gasteiger partial charge in [-0.05, 0) is 24.2 Å². The second kappa shape index (κ2) is 5.53. The van der Waals surface area contributed by atoms with E-state index in [1.54, 1.807) is 0 Å². The molecule has 3 aliphatic rings. The Morgan fingerprint density at radius 2 is 1.85 bits per heavy atom. The minimum atomic E-state index is -1.11. The highest BCUT2D eigenvalue weighted by atomic mass is 16.6. The Balaban J connectivity index is 2.13. The van der Waals surface area contributed by atoms with E-state index in [1.165, 1.54) is 7.11 Å². The van der Waals surface area contributed by atoms with Gasteiger partial charge in [0.25, 0.3) is 0 Å². The van der Waals surface area contributed by atoms with E-state index in [0.29, 0.717) is 28.9 Å². The first kappa shape index (κ1) is 18.4.